The third-order valence-corrected chi connectivity index (χ3v) is 5.53. The minimum Gasteiger partial charge on any atom is -0.455 e. The summed E-state index contributed by atoms with van der Waals surface area (Å²) in [5, 5.41) is 11.4. The number of benzene rings is 2. The average Bonchev–Trinajstić information content (AvgIpc) is 2.91. The molecule has 0 amide bonds. The summed E-state index contributed by atoms with van der Waals surface area (Å²) in [6, 6.07) is 11.0. The van der Waals surface area contributed by atoms with Gasteiger partial charge in [0.1, 0.15) is 5.75 Å². The molecule has 2 atom stereocenters. The second-order valence-corrected chi connectivity index (χ2v) is 7.73. The van der Waals surface area contributed by atoms with Crippen molar-refractivity contribution >= 4 is 5.78 Å². The van der Waals surface area contributed by atoms with Crippen molar-refractivity contribution in [1.82, 2.24) is 0 Å². The van der Waals surface area contributed by atoms with Crippen LogP contribution in [0, 0.1) is 0 Å². The van der Waals surface area contributed by atoms with Crippen molar-refractivity contribution in [3.8, 4) is 5.75 Å². The second-order valence-electron chi connectivity index (χ2n) is 7.73. The van der Waals surface area contributed by atoms with Crippen molar-refractivity contribution in [2.75, 3.05) is 0 Å². The van der Waals surface area contributed by atoms with Gasteiger partial charge in [0.15, 0.2) is 11.3 Å². The summed E-state index contributed by atoms with van der Waals surface area (Å²) in [6.45, 7) is 8.34. The van der Waals surface area contributed by atoms with Gasteiger partial charge < -0.3 is 15.6 Å². The Morgan fingerprint density at radius 1 is 1.04 bits per heavy atom. The summed E-state index contributed by atoms with van der Waals surface area (Å²) in [4.78, 5) is 13.2. The van der Waals surface area contributed by atoms with E-state index in [1.807, 2.05) is 6.07 Å². The molecule has 0 aromatic heterocycles. The van der Waals surface area contributed by atoms with Gasteiger partial charge in [-0.3, -0.25) is 4.79 Å². The number of hydrogen-bond donors (Lipinski definition) is 2. The summed E-state index contributed by atoms with van der Waals surface area (Å²) in [7, 11) is 0. The molecule has 2 unspecified atom stereocenters. The first-order valence-electron chi connectivity index (χ1n) is 8.74. The van der Waals surface area contributed by atoms with Gasteiger partial charge in [0.25, 0.3) is 5.79 Å². The fraction of sp³-hybridized carbons (Fsp3) is 0.381. The Bertz CT molecular complexity index is 902. The van der Waals surface area contributed by atoms with Gasteiger partial charge in [0.2, 0.25) is 0 Å². The van der Waals surface area contributed by atoms with Gasteiger partial charge in [-0.1, -0.05) is 58.0 Å². The van der Waals surface area contributed by atoms with E-state index in [9.17, 15) is 9.90 Å². The van der Waals surface area contributed by atoms with Crippen LogP contribution >= 0.6 is 0 Å². The number of rotatable bonds is 2. The highest BCUT2D eigenvalue weighted by atomic mass is 16.6. The topological polar surface area (TPSA) is 72.6 Å². The highest BCUT2D eigenvalue weighted by Gasteiger charge is 2.69. The van der Waals surface area contributed by atoms with Crippen LogP contribution in [0.3, 0.4) is 0 Å². The van der Waals surface area contributed by atoms with Crippen molar-refractivity contribution in [2.24, 2.45) is 5.73 Å². The molecule has 2 aromatic rings. The lowest BCUT2D eigenvalue weighted by Gasteiger charge is -2.30. The van der Waals surface area contributed by atoms with Gasteiger partial charge in [-0.2, -0.15) is 0 Å². The van der Waals surface area contributed by atoms with E-state index in [0.717, 1.165) is 11.1 Å². The first-order chi connectivity index (χ1) is 11.7. The molecule has 130 valence electrons. The number of Topliss-reactive ketones (excluding diaryl/α,β-unsaturated/α-hetero) is 1. The fourth-order valence-electron chi connectivity index (χ4n) is 3.99. The van der Waals surface area contributed by atoms with Crippen LogP contribution in [0.2, 0.25) is 0 Å². The number of ether oxygens (including phenoxy) is 1. The lowest BCUT2D eigenvalue weighted by atomic mass is 9.81. The summed E-state index contributed by atoms with van der Waals surface area (Å²) in [5.41, 5.74) is 8.53. The number of carbonyl (C=O) groups excluding carboxylic acids is 1. The van der Waals surface area contributed by atoms with Crippen LogP contribution in [0.4, 0.5) is 0 Å². The lowest BCUT2D eigenvalue weighted by Crippen LogP contribution is -2.55. The molecule has 0 bridgehead atoms. The lowest BCUT2D eigenvalue weighted by molar-refractivity contribution is -0.163. The molecule has 1 heterocycles. The zero-order chi connectivity index (χ0) is 18.1. The molecule has 1 aliphatic heterocycles. The molecule has 0 saturated carbocycles. The van der Waals surface area contributed by atoms with Crippen LogP contribution in [0.25, 0.3) is 0 Å². The Morgan fingerprint density at radius 2 is 1.72 bits per heavy atom. The molecule has 0 fully saturated rings. The number of carbonyl (C=O) groups is 1. The molecule has 4 rings (SSSR count). The van der Waals surface area contributed by atoms with Gasteiger partial charge in [0, 0.05) is 16.7 Å². The van der Waals surface area contributed by atoms with Crippen LogP contribution in [-0.2, 0) is 11.3 Å². The third-order valence-electron chi connectivity index (χ3n) is 5.53. The first kappa shape index (κ1) is 16.3. The molecular weight excluding hydrogens is 314 g/mol. The maximum Gasteiger partial charge on any atom is 0.265 e. The normalized spacial score (nSPS) is 26.6. The quantitative estimate of drug-likeness (QED) is 0.879. The molecule has 0 spiro atoms. The Labute approximate surface area is 147 Å². The zero-order valence-corrected chi connectivity index (χ0v) is 15.0. The maximum absolute atomic E-state index is 13.2. The van der Waals surface area contributed by atoms with E-state index in [1.165, 1.54) is 0 Å². The molecule has 1 aliphatic carbocycles. The van der Waals surface area contributed by atoms with Gasteiger partial charge >= 0.3 is 0 Å². The third kappa shape index (κ3) is 1.81. The van der Waals surface area contributed by atoms with Crippen LogP contribution in [0.15, 0.2) is 36.4 Å². The van der Waals surface area contributed by atoms with E-state index < -0.39 is 11.3 Å². The van der Waals surface area contributed by atoms with E-state index in [2.05, 4.69) is 33.8 Å². The molecule has 0 saturated heterocycles. The number of nitrogens with two attached hydrogens (primary N) is 1. The summed E-state index contributed by atoms with van der Waals surface area (Å²) in [6.07, 6.45) is 0. The number of hydrogen-bond acceptors (Lipinski definition) is 4. The van der Waals surface area contributed by atoms with Gasteiger partial charge in [0.05, 0.1) is 0 Å². The van der Waals surface area contributed by atoms with Crippen molar-refractivity contribution in [3.05, 3.63) is 64.2 Å². The van der Waals surface area contributed by atoms with Crippen LogP contribution in [0.1, 0.15) is 72.1 Å². The van der Waals surface area contributed by atoms with Crippen molar-refractivity contribution in [1.29, 1.82) is 0 Å². The predicted octanol–water partition coefficient (Wildman–Crippen LogP) is 3.52. The Balaban J connectivity index is 2.04. The van der Waals surface area contributed by atoms with Gasteiger partial charge in [-0.05, 0) is 29.0 Å². The first-order valence-corrected chi connectivity index (χ1v) is 8.74. The minimum atomic E-state index is -1.86. The number of aliphatic hydroxyl groups is 1. The van der Waals surface area contributed by atoms with Crippen LogP contribution in [0.5, 0.6) is 5.75 Å². The van der Waals surface area contributed by atoms with E-state index in [4.69, 9.17) is 10.5 Å². The van der Waals surface area contributed by atoms with E-state index >= 15 is 0 Å². The monoisotopic (exact) mass is 337 g/mol. The fourth-order valence-corrected chi connectivity index (χ4v) is 3.99. The Hall–Kier alpha value is -2.17. The molecule has 0 radical (unpaired) electrons. The second kappa shape index (κ2) is 4.93. The highest BCUT2D eigenvalue weighted by Crippen LogP contribution is 2.58. The highest BCUT2D eigenvalue weighted by molar-refractivity contribution is 6.10. The minimum absolute atomic E-state index is 0.184. The molecular formula is C21H23NO3. The smallest absolute Gasteiger partial charge is 0.265 e. The summed E-state index contributed by atoms with van der Waals surface area (Å²) in [5.74, 6) is -1.14. The Morgan fingerprint density at radius 3 is 2.36 bits per heavy atom. The van der Waals surface area contributed by atoms with Crippen molar-refractivity contribution in [2.45, 2.75) is 50.9 Å². The zero-order valence-electron chi connectivity index (χ0n) is 15.0. The summed E-state index contributed by atoms with van der Waals surface area (Å²) >= 11 is 0. The number of ketones is 1. The van der Waals surface area contributed by atoms with E-state index in [0.29, 0.717) is 22.4 Å². The van der Waals surface area contributed by atoms with E-state index in [1.54, 1.807) is 24.3 Å². The molecule has 2 aromatic carbocycles. The summed E-state index contributed by atoms with van der Waals surface area (Å²) < 4.78 is 6.06. The largest absolute Gasteiger partial charge is 0.455 e. The number of fused-ring (bicyclic) bond motifs is 5. The molecule has 3 N–H and O–H groups in total. The standard InChI is InChI=1S/C21H23NO3/c1-11(2)13-9-15(12(3)4)18-17(10-13)20(22)19(23)14-7-5-6-8-16(14)21(20,24)25-18/h5-12,24H,22H2,1-4H3. The molecule has 25 heavy (non-hydrogen) atoms. The van der Waals surface area contributed by atoms with Crippen molar-refractivity contribution < 1.29 is 14.6 Å². The SMILES string of the molecule is CC(C)c1cc(C(C)C)c2c(c1)C1(N)C(=O)c3ccccc3C1(O)O2. The van der Waals surface area contributed by atoms with Gasteiger partial charge in [-0.15, -0.1) is 0 Å². The molecule has 4 heteroatoms. The van der Waals surface area contributed by atoms with Crippen molar-refractivity contribution in [3.63, 3.8) is 0 Å². The van der Waals surface area contributed by atoms with Crippen LogP contribution in [-0.4, -0.2) is 10.9 Å². The van der Waals surface area contributed by atoms with Gasteiger partial charge in [-0.25, -0.2) is 0 Å². The average molecular weight is 337 g/mol. The maximum atomic E-state index is 13.2. The predicted molar refractivity (Wildman–Crippen MR) is 95.8 cm³/mol. The van der Waals surface area contributed by atoms with E-state index in [-0.39, 0.29) is 17.6 Å². The molecule has 2 aliphatic rings. The molecule has 4 nitrogen and oxygen atoms in total. The van der Waals surface area contributed by atoms with Crippen LogP contribution < -0.4 is 10.5 Å². The Kier molecular flexibility index (Phi) is 3.22.